The first kappa shape index (κ1) is 20.4. The lowest BCUT2D eigenvalue weighted by atomic mass is 10.1. The maximum Gasteiger partial charge on any atom is 0.271 e. The zero-order valence-corrected chi connectivity index (χ0v) is 17.4. The molecule has 0 bridgehead atoms. The molecule has 1 N–H and O–H groups in total. The zero-order valence-electron chi connectivity index (χ0n) is 17.4. The molecule has 0 atom stereocenters. The number of amides is 1. The lowest BCUT2D eigenvalue weighted by Gasteiger charge is -2.08. The van der Waals surface area contributed by atoms with Gasteiger partial charge in [-0.1, -0.05) is 42.5 Å². The summed E-state index contributed by atoms with van der Waals surface area (Å²) in [6.07, 6.45) is 4.48. The van der Waals surface area contributed by atoms with Crippen LogP contribution in [-0.4, -0.2) is 32.0 Å². The molecule has 0 fully saturated rings. The molecule has 7 heteroatoms. The molecule has 0 unspecified atom stereocenters. The van der Waals surface area contributed by atoms with Crippen molar-refractivity contribution in [3.8, 4) is 16.9 Å². The fraction of sp³-hybridized carbons (Fsp3) is 0.208. The minimum atomic E-state index is -0.192. The smallest absolute Gasteiger partial charge is 0.271 e. The van der Waals surface area contributed by atoms with Crippen molar-refractivity contribution in [2.24, 2.45) is 0 Å². The molecular formula is C24H25N5O2. The van der Waals surface area contributed by atoms with Gasteiger partial charge in [0.15, 0.2) is 6.73 Å². The van der Waals surface area contributed by atoms with Crippen LogP contribution in [0.1, 0.15) is 22.6 Å². The molecular weight excluding hydrogens is 390 g/mol. The largest absolute Gasteiger partial charge is 0.471 e. The summed E-state index contributed by atoms with van der Waals surface area (Å²) < 4.78 is 9.26. The van der Waals surface area contributed by atoms with Gasteiger partial charge < -0.3 is 10.1 Å². The van der Waals surface area contributed by atoms with E-state index in [1.807, 2.05) is 66.3 Å². The van der Waals surface area contributed by atoms with Crippen molar-refractivity contribution in [1.82, 2.24) is 24.9 Å². The SMILES string of the molecule is Cc1ccn(CCCNC(=O)c2ccn(COc3ccc(-c4ccccc4)cc3)n2)n1. The van der Waals surface area contributed by atoms with Gasteiger partial charge in [0.05, 0.1) is 5.69 Å². The van der Waals surface area contributed by atoms with Gasteiger partial charge in [-0.05, 0) is 48.7 Å². The first-order valence-electron chi connectivity index (χ1n) is 10.3. The summed E-state index contributed by atoms with van der Waals surface area (Å²) in [7, 11) is 0. The maximum absolute atomic E-state index is 12.3. The average molecular weight is 415 g/mol. The van der Waals surface area contributed by atoms with Crippen LogP contribution in [0.25, 0.3) is 11.1 Å². The lowest BCUT2D eigenvalue weighted by Crippen LogP contribution is -2.26. The van der Waals surface area contributed by atoms with E-state index in [1.54, 1.807) is 16.9 Å². The second-order valence-corrected chi connectivity index (χ2v) is 7.23. The molecule has 4 aromatic rings. The van der Waals surface area contributed by atoms with Crippen LogP contribution in [0.5, 0.6) is 5.75 Å². The highest BCUT2D eigenvalue weighted by atomic mass is 16.5. The standard InChI is InChI=1S/C24H25N5O2/c1-19-12-16-28(26-19)15-5-14-25-24(30)23-13-17-29(27-23)18-31-22-10-8-21(9-11-22)20-6-3-2-4-7-20/h2-4,6-13,16-17H,5,14-15,18H2,1H3,(H,25,30). The van der Waals surface area contributed by atoms with Crippen LogP contribution in [0.15, 0.2) is 79.1 Å². The fourth-order valence-corrected chi connectivity index (χ4v) is 3.19. The van der Waals surface area contributed by atoms with Gasteiger partial charge in [0.2, 0.25) is 0 Å². The molecule has 31 heavy (non-hydrogen) atoms. The van der Waals surface area contributed by atoms with Crippen molar-refractivity contribution in [3.63, 3.8) is 0 Å². The van der Waals surface area contributed by atoms with E-state index in [0.29, 0.717) is 12.2 Å². The van der Waals surface area contributed by atoms with Gasteiger partial charge in [0.25, 0.3) is 5.91 Å². The van der Waals surface area contributed by atoms with E-state index >= 15 is 0 Å². The highest BCUT2D eigenvalue weighted by Gasteiger charge is 2.09. The number of carbonyl (C=O) groups is 1. The van der Waals surface area contributed by atoms with Gasteiger partial charge in [-0.3, -0.25) is 9.48 Å². The van der Waals surface area contributed by atoms with E-state index in [0.717, 1.165) is 35.5 Å². The molecule has 0 aliphatic rings. The summed E-state index contributed by atoms with van der Waals surface area (Å²) in [4.78, 5) is 12.3. The monoisotopic (exact) mass is 415 g/mol. The maximum atomic E-state index is 12.3. The van der Waals surface area contributed by atoms with Gasteiger partial charge in [-0.25, -0.2) is 4.68 Å². The molecule has 2 aromatic carbocycles. The van der Waals surface area contributed by atoms with Crippen molar-refractivity contribution < 1.29 is 9.53 Å². The van der Waals surface area contributed by atoms with E-state index in [-0.39, 0.29) is 12.6 Å². The van der Waals surface area contributed by atoms with Gasteiger partial charge in [-0.2, -0.15) is 10.2 Å². The Balaban J connectivity index is 1.22. The number of ether oxygens (including phenoxy) is 1. The van der Waals surface area contributed by atoms with Crippen molar-refractivity contribution in [3.05, 3.63) is 90.5 Å². The second-order valence-electron chi connectivity index (χ2n) is 7.23. The molecule has 0 radical (unpaired) electrons. The number of nitrogens with zero attached hydrogens (tertiary/aromatic N) is 4. The predicted octanol–water partition coefficient (Wildman–Crippen LogP) is 3.91. The molecule has 0 saturated carbocycles. The molecule has 2 heterocycles. The topological polar surface area (TPSA) is 74.0 Å². The summed E-state index contributed by atoms with van der Waals surface area (Å²) >= 11 is 0. The van der Waals surface area contributed by atoms with Crippen LogP contribution in [0.4, 0.5) is 0 Å². The van der Waals surface area contributed by atoms with E-state index < -0.39 is 0 Å². The van der Waals surface area contributed by atoms with E-state index in [4.69, 9.17) is 4.74 Å². The molecule has 0 aliphatic heterocycles. The predicted molar refractivity (Wildman–Crippen MR) is 119 cm³/mol. The molecule has 0 saturated heterocycles. The van der Waals surface area contributed by atoms with Gasteiger partial charge in [0.1, 0.15) is 11.4 Å². The molecule has 2 aromatic heterocycles. The Kier molecular flexibility index (Phi) is 6.42. The van der Waals surface area contributed by atoms with Crippen molar-refractivity contribution >= 4 is 5.91 Å². The van der Waals surface area contributed by atoms with E-state index in [1.165, 1.54) is 0 Å². The minimum absolute atomic E-state index is 0.192. The number of aryl methyl sites for hydroxylation is 2. The molecule has 0 spiro atoms. The first-order chi connectivity index (χ1) is 15.2. The first-order valence-corrected chi connectivity index (χ1v) is 10.3. The van der Waals surface area contributed by atoms with E-state index in [9.17, 15) is 4.79 Å². The normalized spacial score (nSPS) is 10.7. The van der Waals surface area contributed by atoms with Crippen molar-refractivity contribution in [2.75, 3.05) is 6.54 Å². The van der Waals surface area contributed by atoms with Gasteiger partial charge in [-0.15, -0.1) is 0 Å². The molecule has 4 rings (SSSR count). The summed E-state index contributed by atoms with van der Waals surface area (Å²) in [5.74, 6) is 0.553. The number of aromatic nitrogens is 4. The highest BCUT2D eigenvalue weighted by molar-refractivity contribution is 5.92. The number of hydrogen-bond donors (Lipinski definition) is 1. The van der Waals surface area contributed by atoms with E-state index in [2.05, 4.69) is 27.6 Å². The number of rotatable bonds is 9. The summed E-state index contributed by atoms with van der Waals surface area (Å²) in [6.45, 7) is 3.52. The Morgan fingerprint density at radius 3 is 2.39 bits per heavy atom. The number of benzene rings is 2. The Hall–Kier alpha value is -3.87. The van der Waals surface area contributed by atoms with Crippen molar-refractivity contribution in [2.45, 2.75) is 26.6 Å². The Morgan fingerprint density at radius 1 is 0.903 bits per heavy atom. The quantitative estimate of drug-likeness (QED) is 0.421. The third-order valence-electron chi connectivity index (χ3n) is 4.82. The second kappa shape index (κ2) is 9.75. The van der Waals surface area contributed by atoms with Gasteiger partial charge in [0, 0.05) is 25.5 Å². The van der Waals surface area contributed by atoms with Crippen LogP contribution < -0.4 is 10.1 Å². The summed E-state index contributed by atoms with van der Waals surface area (Å²) in [5.41, 5.74) is 3.66. The third kappa shape index (κ3) is 5.60. The third-order valence-corrected chi connectivity index (χ3v) is 4.82. The van der Waals surface area contributed by atoms with Crippen LogP contribution in [0.2, 0.25) is 0 Å². The molecule has 158 valence electrons. The minimum Gasteiger partial charge on any atom is -0.471 e. The van der Waals surface area contributed by atoms with Crippen LogP contribution in [0, 0.1) is 6.92 Å². The average Bonchev–Trinajstić information content (AvgIpc) is 3.45. The number of hydrogen-bond acceptors (Lipinski definition) is 4. The Bertz CT molecular complexity index is 1120. The highest BCUT2D eigenvalue weighted by Crippen LogP contribution is 2.22. The molecule has 0 aliphatic carbocycles. The van der Waals surface area contributed by atoms with Crippen LogP contribution in [-0.2, 0) is 13.3 Å². The van der Waals surface area contributed by atoms with Crippen molar-refractivity contribution in [1.29, 1.82) is 0 Å². The zero-order chi connectivity index (χ0) is 21.5. The molecule has 1 amide bonds. The fourth-order valence-electron chi connectivity index (χ4n) is 3.19. The summed E-state index contributed by atoms with van der Waals surface area (Å²) in [6, 6.07) is 21.8. The lowest BCUT2D eigenvalue weighted by molar-refractivity contribution is 0.0945. The summed E-state index contributed by atoms with van der Waals surface area (Å²) in [5, 5.41) is 11.5. The van der Waals surface area contributed by atoms with Gasteiger partial charge >= 0.3 is 0 Å². The Morgan fingerprint density at radius 2 is 1.65 bits per heavy atom. The molecule has 7 nitrogen and oxygen atoms in total. The number of carbonyl (C=O) groups excluding carboxylic acids is 1. The Labute approximate surface area is 181 Å². The van der Waals surface area contributed by atoms with Crippen LogP contribution >= 0.6 is 0 Å². The number of nitrogens with one attached hydrogen (secondary N) is 1. The van der Waals surface area contributed by atoms with Crippen LogP contribution in [0.3, 0.4) is 0 Å².